The monoisotopic (exact) mass is 331 g/mol. The third-order valence-electron chi connectivity index (χ3n) is 4.13. The van der Waals surface area contributed by atoms with Crippen LogP contribution in [0.2, 0.25) is 0 Å². The van der Waals surface area contributed by atoms with Gasteiger partial charge in [0.05, 0.1) is 17.8 Å². The van der Waals surface area contributed by atoms with Gasteiger partial charge >= 0.3 is 0 Å². The van der Waals surface area contributed by atoms with Crippen molar-refractivity contribution >= 4 is 11.9 Å². The van der Waals surface area contributed by atoms with Gasteiger partial charge in [-0.15, -0.1) is 0 Å². The fourth-order valence-corrected chi connectivity index (χ4v) is 2.87. The zero-order valence-corrected chi connectivity index (χ0v) is 14.1. The van der Waals surface area contributed by atoms with Crippen LogP contribution in [0.1, 0.15) is 29.5 Å². The standard InChI is InChI=1S/C16H21N5O3/c1-10-6-12(24-19-10)7-15(23)21-5-4-11(9-21)13-8-14(22)18-16(17-13)20(2)3/h6,8,11H,4-5,7,9H2,1-3H3,(H,17,18,22). The van der Waals surface area contributed by atoms with E-state index in [0.29, 0.717) is 24.8 Å². The molecule has 0 spiro atoms. The van der Waals surface area contributed by atoms with Crippen LogP contribution >= 0.6 is 0 Å². The summed E-state index contributed by atoms with van der Waals surface area (Å²) in [6.45, 7) is 3.04. The first-order valence-corrected chi connectivity index (χ1v) is 7.91. The van der Waals surface area contributed by atoms with Gasteiger partial charge in [0.15, 0.2) is 0 Å². The predicted octanol–water partition coefficient (Wildman–Crippen LogP) is 0.691. The summed E-state index contributed by atoms with van der Waals surface area (Å²) < 4.78 is 5.10. The van der Waals surface area contributed by atoms with Crippen molar-refractivity contribution in [1.29, 1.82) is 0 Å². The van der Waals surface area contributed by atoms with E-state index >= 15 is 0 Å². The fraction of sp³-hybridized carbons (Fsp3) is 0.500. The molecule has 1 aliphatic rings. The summed E-state index contributed by atoms with van der Waals surface area (Å²) in [6, 6.07) is 3.29. The van der Waals surface area contributed by atoms with Gasteiger partial charge < -0.3 is 14.3 Å². The second-order valence-corrected chi connectivity index (χ2v) is 6.33. The molecule has 2 aromatic heterocycles. The van der Waals surface area contributed by atoms with Crippen LogP contribution in [0.4, 0.5) is 5.95 Å². The van der Waals surface area contributed by atoms with Gasteiger partial charge in [0.2, 0.25) is 11.9 Å². The molecule has 24 heavy (non-hydrogen) atoms. The number of amides is 1. The molecule has 8 heteroatoms. The molecule has 0 saturated carbocycles. The molecule has 1 amide bonds. The summed E-state index contributed by atoms with van der Waals surface area (Å²) in [6.07, 6.45) is 1.00. The number of carbonyl (C=O) groups is 1. The molecule has 3 heterocycles. The molecule has 128 valence electrons. The zero-order valence-electron chi connectivity index (χ0n) is 14.1. The molecule has 8 nitrogen and oxygen atoms in total. The van der Waals surface area contributed by atoms with Crippen LogP contribution in [0, 0.1) is 6.92 Å². The summed E-state index contributed by atoms with van der Waals surface area (Å²) in [5.74, 6) is 1.18. The van der Waals surface area contributed by atoms with Crippen molar-refractivity contribution in [2.45, 2.75) is 25.7 Å². The van der Waals surface area contributed by atoms with Crippen LogP contribution < -0.4 is 10.5 Å². The van der Waals surface area contributed by atoms with Crippen molar-refractivity contribution in [2.75, 3.05) is 32.1 Å². The molecule has 1 N–H and O–H groups in total. The number of carbonyl (C=O) groups excluding carboxylic acids is 1. The Labute approximate surface area is 139 Å². The molecule has 1 aliphatic heterocycles. The lowest BCUT2D eigenvalue weighted by Gasteiger charge is -2.17. The maximum atomic E-state index is 12.4. The third-order valence-corrected chi connectivity index (χ3v) is 4.13. The van der Waals surface area contributed by atoms with Crippen molar-refractivity contribution in [2.24, 2.45) is 0 Å². The average molecular weight is 331 g/mol. The first-order chi connectivity index (χ1) is 11.4. The van der Waals surface area contributed by atoms with Gasteiger partial charge in [0, 0.05) is 45.2 Å². The van der Waals surface area contributed by atoms with Gasteiger partial charge in [-0.05, 0) is 13.3 Å². The van der Waals surface area contributed by atoms with Crippen LogP contribution in [-0.2, 0) is 11.2 Å². The molecule has 0 radical (unpaired) electrons. The summed E-state index contributed by atoms with van der Waals surface area (Å²) in [4.78, 5) is 34.9. The van der Waals surface area contributed by atoms with E-state index in [0.717, 1.165) is 17.8 Å². The van der Waals surface area contributed by atoms with Crippen molar-refractivity contribution in [1.82, 2.24) is 20.0 Å². The SMILES string of the molecule is Cc1cc(CC(=O)N2CCC(c3cc(=O)[nH]c(N(C)C)n3)C2)on1. The Bertz CT molecular complexity index is 795. The highest BCUT2D eigenvalue weighted by atomic mass is 16.5. The van der Waals surface area contributed by atoms with Crippen LogP contribution in [0.5, 0.6) is 0 Å². The molecule has 1 saturated heterocycles. The number of anilines is 1. The van der Waals surface area contributed by atoms with Crippen molar-refractivity contribution in [3.63, 3.8) is 0 Å². The number of aromatic nitrogens is 3. The van der Waals surface area contributed by atoms with E-state index in [1.54, 1.807) is 15.9 Å². The Hall–Kier alpha value is -2.64. The van der Waals surface area contributed by atoms with Gasteiger partial charge in [0.1, 0.15) is 5.76 Å². The van der Waals surface area contributed by atoms with E-state index < -0.39 is 0 Å². The Morgan fingerprint density at radius 3 is 2.92 bits per heavy atom. The minimum Gasteiger partial charge on any atom is -0.361 e. The molecule has 1 atom stereocenters. The first kappa shape index (κ1) is 16.2. The fourth-order valence-electron chi connectivity index (χ4n) is 2.87. The van der Waals surface area contributed by atoms with Crippen molar-refractivity contribution in [3.05, 3.63) is 39.6 Å². The van der Waals surface area contributed by atoms with E-state index in [9.17, 15) is 9.59 Å². The van der Waals surface area contributed by atoms with E-state index in [2.05, 4.69) is 15.1 Å². The van der Waals surface area contributed by atoms with Crippen molar-refractivity contribution < 1.29 is 9.32 Å². The van der Waals surface area contributed by atoms with E-state index in [1.165, 1.54) is 6.07 Å². The quantitative estimate of drug-likeness (QED) is 0.886. The second-order valence-electron chi connectivity index (χ2n) is 6.33. The number of hydrogen-bond acceptors (Lipinski definition) is 6. The second kappa shape index (κ2) is 6.46. The highest BCUT2D eigenvalue weighted by Gasteiger charge is 2.29. The smallest absolute Gasteiger partial charge is 0.252 e. The third kappa shape index (κ3) is 3.47. The average Bonchev–Trinajstić information content (AvgIpc) is 3.16. The lowest BCUT2D eigenvalue weighted by atomic mass is 10.1. The molecule has 1 unspecified atom stereocenters. The van der Waals surface area contributed by atoms with Gasteiger partial charge in [-0.25, -0.2) is 4.98 Å². The number of nitrogens with one attached hydrogen (secondary N) is 1. The number of nitrogens with zero attached hydrogens (tertiary/aromatic N) is 4. The maximum Gasteiger partial charge on any atom is 0.252 e. The Kier molecular flexibility index (Phi) is 4.37. The van der Waals surface area contributed by atoms with Gasteiger partial charge in [-0.3, -0.25) is 14.6 Å². The molecule has 0 bridgehead atoms. The summed E-state index contributed by atoms with van der Waals surface area (Å²) in [5.41, 5.74) is 1.32. The Balaban J connectivity index is 1.69. The van der Waals surface area contributed by atoms with E-state index in [1.807, 2.05) is 21.0 Å². The summed E-state index contributed by atoms with van der Waals surface area (Å²) in [5, 5.41) is 3.80. The highest BCUT2D eigenvalue weighted by molar-refractivity contribution is 5.78. The lowest BCUT2D eigenvalue weighted by molar-refractivity contribution is -0.129. The molecule has 2 aromatic rings. The summed E-state index contributed by atoms with van der Waals surface area (Å²) >= 11 is 0. The van der Waals surface area contributed by atoms with Crippen LogP contribution in [0.3, 0.4) is 0 Å². The Morgan fingerprint density at radius 1 is 1.46 bits per heavy atom. The zero-order chi connectivity index (χ0) is 17.3. The van der Waals surface area contributed by atoms with Crippen molar-refractivity contribution in [3.8, 4) is 0 Å². The normalized spacial score (nSPS) is 17.3. The molecule has 0 aliphatic carbocycles. The molecular formula is C16H21N5O3. The minimum atomic E-state index is -0.175. The van der Waals surface area contributed by atoms with Gasteiger partial charge in [-0.2, -0.15) is 0 Å². The van der Waals surface area contributed by atoms with Gasteiger partial charge in [0.25, 0.3) is 5.56 Å². The number of likely N-dealkylation sites (tertiary alicyclic amines) is 1. The minimum absolute atomic E-state index is 0.00586. The molecule has 3 rings (SSSR count). The number of aryl methyl sites for hydroxylation is 1. The van der Waals surface area contributed by atoms with Crippen LogP contribution in [0.25, 0.3) is 0 Å². The van der Waals surface area contributed by atoms with Crippen LogP contribution in [-0.4, -0.2) is 53.1 Å². The van der Waals surface area contributed by atoms with Crippen LogP contribution in [0.15, 0.2) is 21.5 Å². The highest BCUT2D eigenvalue weighted by Crippen LogP contribution is 2.26. The Morgan fingerprint density at radius 2 is 2.25 bits per heavy atom. The van der Waals surface area contributed by atoms with Gasteiger partial charge in [-0.1, -0.05) is 5.16 Å². The molecular weight excluding hydrogens is 310 g/mol. The molecule has 1 fully saturated rings. The number of H-pyrrole nitrogens is 1. The molecule has 0 aromatic carbocycles. The topological polar surface area (TPSA) is 95.3 Å². The van der Waals surface area contributed by atoms with E-state index in [-0.39, 0.29) is 23.8 Å². The number of aromatic amines is 1. The first-order valence-electron chi connectivity index (χ1n) is 7.91. The largest absolute Gasteiger partial charge is 0.361 e. The predicted molar refractivity (Wildman–Crippen MR) is 88.1 cm³/mol. The number of hydrogen-bond donors (Lipinski definition) is 1. The number of rotatable bonds is 4. The maximum absolute atomic E-state index is 12.4. The lowest BCUT2D eigenvalue weighted by Crippen LogP contribution is -2.30. The summed E-state index contributed by atoms with van der Waals surface area (Å²) in [7, 11) is 3.65. The van der Waals surface area contributed by atoms with E-state index in [4.69, 9.17) is 4.52 Å².